The van der Waals surface area contributed by atoms with Gasteiger partial charge in [0.15, 0.2) is 0 Å². The molecule has 7 nitrogen and oxygen atoms in total. The summed E-state index contributed by atoms with van der Waals surface area (Å²) in [6, 6.07) is 0. The molecular weight excluding hydrogens is 454 g/mol. The van der Waals surface area contributed by atoms with Crippen molar-refractivity contribution in [3.8, 4) is 0 Å². The Balaban J connectivity index is 1.39. The van der Waals surface area contributed by atoms with Gasteiger partial charge in [0.2, 0.25) is 5.91 Å². The quantitative estimate of drug-likeness (QED) is 0.398. The zero-order chi connectivity index (χ0) is 24.9. The predicted octanol–water partition coefficient (Wildman–Crippen LogP) is 3.40. The molecule has 34 heavy (non-hydrogen) atoms. The van der Waals surface area contributed by atoms with E-state index in [1.165, 1.54) is 6.42 Å². The molecule has 0 aromatic carbocycles. The van der Waals surface area contributed by atoms with Crippen molar-refractivity contribution >= 4 is 16.0 Å². The van der Waals surface area contributed by atoms with Gasteiger partial charge < -0.3 is 15.5 Å². The van der Waals surface area contributed by atoms with Crippen molar-refractivity contribution in [2.24, 2.45) is 46.3 Å². The van der Waals surface area contributed by atoms with Gasteiger partial charge >= 0.3 is 0 Å². The van der Waals surface area contributed by atoms with Gasteiger partial charge in [0.1, 0.15) is 0 Å². The Hall–Kier alpha value is -0.700. The second-order valence-corrected chi connectivity index (χ2v) is 14.2. The molecule has 0 radical (unpaired) electrons. The lowest BCUT2D eigenvalue weighted by Crippen LogP contribution is -2.58. The number of carbonyl (C=O) groups is 1. The number of aliphatic hydroxyl groups excluding tert-OH is 2. The lowest BCUT2D eigenvalue weighted by atomic mass is 9.43. The van der Waals surface area contributed by atoms with Gasteiger partial charge in [0, 0.05) is 13.0 Å². The largest absolute Gasteiger partial charge is 0.393 e. The first-order valence-corrected chi connectivity index (χ1v) is 15.0. The maximum absolute atomic E-state index is 12.2. The number of nitrogens with one attached hydrogen (secondary N) is 1. The third-order valence-electron chi connectivity index (χ3n) is 10.9. The Kier molecular flexibility index (Phi) is 7.47. The van der Waals surface area contributed by atoms with Gasteiger partial charge in [-0.1, -0.05) is 20.8 Å². The minimum atomic E-state index is -4.06. The van der Waals surface area contributed by atoms with Crippen LogP contribution in [0.25, 0.3) is 0 Å². The summed E-state index contributed by atoms with van der Waals surface area (Å²) in [6.45, 7) is 7.05. The molecule has 4 N–H and O–H groups in total. The van der Waals surface area contributed by atoms with E-state index in [0.717, 1.165) is 51.4 Å². The summed E-state index contributed by atoms with van der Waals surface area (Å²) in [5.41, 5.74) is 0.411. The topological polar surface area (TPSA) is 124 Å². The van der Waals surface area contributed by atoms with Crippen molar-refractivity contribution in [1.82, 2.24) is 5.32 Å². The maximum Gasteiger partial charge on any atom is 0.266 e. The molecule has 4 saturated carbocycles. The fourth-order valence-corrected chi connectivity index (χ4v) is 9.50. The van der Waals surface area contributed by atoms with E-state index in [-0.39, 0.29) is 35.5 Å². The maximum atomic E-state index is 12.2. The first-order chi connectivity index (χ1) is 15.8. The van der Waals surface area contributed by atoms with E-state index in [4.69, 9.17) is 4.55 Å². The van der Waals surface area contributed by atoms with Gasteiger partial charge in [-0.3, -0.25) is 9.35 Å². The highest BCUT2D eigenvalue weighted by atomic mass is 32.2. The second kappa shape index (κ2) is 9.64. The van der Waals surface area contributed by atoms with E-state index >= 15 is 0 Å². The summed E-state index contributed by atoms with van der Waals surface area (Å²) in [7, 11) is -4.06. The number of hydrogen-bond acceptors (Lipinski definition) is 5. The van der Waals surface area contributed by atoms with Crippen LogP contribution in [0.2, 0.25) is 0 Å². The lowest BCUT2D eigenvalue weighted by molar-refractivity contribution is -0.174. The fraction of sp³-hybridized carbons (Fsp3) is 0.962. The highest BCUT2D eigenvalue weighted by Gasteiger charge is 2.62. The Morgan fingerprint density at radius 2 is 1.71 bits per heavy atom. The van der Waals surface area contributed by atoms with Crippen molar-refractivity contribution in [3.05, 3.63) is 0 Å². The Labute approximate surface area is 205 Å². The van der Waals surface area contributed by atoms with Crippen molar-refractivity contribution in [2.45, 2.75) is 97.2 Å². The Bertz CT molecular complexity index is 863. The van der Waals surface area contributed by atoms with Crippen LogP contribution in [-0.2, 0) is 14.9 Å². The number of rotatable bonds is 7. The monoisotopic (exact) mass is 499 g/mol. The molecule has 4 aliphatic carbocycles. The molecule has 10 atom stereocenters. The van der Waals surface area contributed by atoms with Crippen molar-refractivity contribution in [3.63, 3.8) is 0 Å². The van der Waals surface area contributed by atoms with Crippen LogP contribution in [-0.4, -0.2) is 53.6 Å². The second-order valence-electron chi connectivity index (χ2n) is 12.6. The van der Waals surface area contributed by atoms with E-state index in [0.29, 0.717) is 41.9 Å². The van der Waals surface area contributed by atoms with Crippen molar-refractivity contribution in [2.75, 3.05) is 12.3 Å². The summed E-state index contributed by atoms with van der Waals surface area (Å²) in [6.07, 6.45) is 8.87. The van der Waals surface area contributed by atoms with Crippen LogP contribution in [0.4, 0.5) is 0 Å². The highest BCUT2D eigenvalue weighted by molar-refractivity contribution is 7.85. The fourth-order valence-electron chi connectivity index (χ4n) is 9.14. The van der Waals surface area contributed by atoms with E-state index in [1.54, 1.807) is 0 Å². The zero-order valence-corrected chi connectivity index (χ0v) is 21.9. The molecule has 4 rings (SSSR count). The van der Waals surface area contributed by atoms with Gasteiger partial charge in [-0.2, -0.15) is 8.42 Å². The summed E-state index contributed by atoms with van der Waals surface area (Å²) in [5.74, 6) is 2.10. The molecule has 4 fully saturated rings. The average Bonchev–Trinajstić information content (AvgIpc) is 3.09. The number of carbonyl (C=O) groups excluding carboxylic acids is 1. The summed E-state index contributed by atoms with van der Waals surface area (Å²) in [5, 5.41) is 24.2. The molecule has 0 bridgehead atoms. The molecule has 8 heteroatoms. The first kappa shape index (κ1) is 26.4. The van der Waals surface area contributed by atoms with E-state index < -0.39 is 15.9 Å². The molecule has 0 aliphatic heterocycles. The Morgan fingerprint density at radius 1 is 1.03 bits per heavy atom. The SMILES string of the molecule is C[C@H](CCC(=O)NCCS(=O)(=O)O)[C@H]1CC[C@@H]2[C@H]3[C@H](O)C[C@@H]4C[C@H](O)CC[C@]4(C)[C@H]3CC[C@@]21C. The standard InChI is InChI=1S/C26H45NO6S/c1-16(4-7-23(30)27-12-13-34(31,32)33)19-5-6-20-24-21(9-11-26(19,20)3)25(2)10-8-18(28)14-17(25)15-22(24)29/h16-22,24,28-29H,4-15H2,1-3H3,(H,27,30)(H,31,32,33)/t16-,17+,18-,19-,20-,21+,22-,24-,25+,26-/m1/s1. The van der Waals surface area contributed by atoms with Crippen LogP contribution in [0.3, 0.4) is 0 Å². The predicted molar refractivity (Wildman–Crippen MR) is 130 cm³/mol. The van der Waals surface area contributed by atoms with Gasteiger partial charge in [-0.15, -0.1) is 0 Å². The third kappa shape index (κ3) is 4.94. The molecule has 196 valence electrons. The minimum Gasteiger partial charge on any atom is -0.393 e. The van der Waals surface area contributed by atoms with Crippen LogP contribution in [0, 0.1) is 46.3 Å². The van der Waals surface area contributed by atoms with Crippen LogP contribution in [0.1, 0.15) is 85.0 Å². The molecular formula is C26H45NO6S. The summed E-state index contributed by atoms with van der Waals surface area (Å²) < 4.78 is 30.5. The van der Waals surface area contributed by atoms with E-state index in [1.807, 2.05) is 0 Å². The zero-order valence-electron chi connectivity index (χ0n) is 21.1. The molecule has 0 aromatic heterocycles. The number of hydrogen-bond donors (Lipinski definition) is 4. The number of fused-ring (bicyclic) bond motifs is 5. The van der Waals surface area contributed by atoms with Gasteiger partial charge in [0.05, 0.1) is 18.0 Å². The average molecular weight is 500 g/mol. The van der Waals surface area contributed by atoms with Gasteiger partial charge in [-0.25, -0.2) is 0 Å². The molecule has 0 aromatic rings. The van der Waals surface area contributed by atoms with Crippen molar-refractivity contribution < 1.29 is 28.0 Å². The lowest BCUT2D eigenvalue weighted by Gasteiger charge is -2.62. The smallest absolute Gasteiger partial charge is 0.266 e. The molecule has 0 unspecified atom stereocenters. The molecule has 0 saturated heterocycles. The van der Waals surface area contributed by atoms with Crippen LogP contribution in [0.5, 0.6) is 0 Å². The van der Waals surface area contributed by atoms with Crippen molar-refractivity contribution in [1.29, 1.82) is 0 Å². The van der Waals surface area contributed by atoms with Crippen LogP contribution >= 0.6 is 0 Å². The summed E-state index contributed by atoms with van der Waals surface area (Å²) in [4.78, 5) is 12.2. The number of aliphatic hydroxyl groups is 2. The molecule has 0 spiro atoms. The highest BCUT2D eigenvalue weighted by Crippen LogP contribution is 2.68. The van der Waals surface area contributed by atoms with Gasteiger partial charge in [-0.05, 0) is 104 Å². The first-order valence-electron chi connectivity index (χ1n) is 13.4. The minimum absolute atomic E-state index is 0.0625. The van der Waals surface area contributed by atoms with E-state index in [9.17, 15) is 23.4 Å². The molecule has 1 amide bonds. The van der Waals surface area contributed by atoms with E-state index in [2.05, 4.69) is 26.1 Å². The van der Waals surface area contributed by atoms with Crippen LogP contribution < -0.4 is 5.32 Å². The normalized spacial score (nSPS) is 45.1. The molecule has 0 heterocycles. The third-order valence-corrected chi connectivity index (χ3v) is 11.6. The molecule has 4 aliphatic rings. The summed E-state index contributed by atoms with van der Waals surface area (Å²) >= 11 is 0. The van der Waals surface area contributed by atoms with Gasteiger partial charge in [0.25, 0.3) is 10.1 Å². The van der Waals surface area contributed by atoms with Crippen LogP contribution in [0.15, 0.2) is 0 Å². The number of amides is 1. The Morgan fingerprint density at radius 3 is 2.41 bits per heavy atom.